The number of rotatable bonds is 4. The highest BCUT2D eigenvalue weighted by molar-refractivity contribution is 5.88. The molecule has 6 nitrogen and oxygen atoms in total. The molecule has 0 aliphatic carbocycles. The van der Waals surface area contributed by atoms with E-state index in [1.807, 2.05) is 0 Å². The number of ether oxygens (including phenoxy) is 1. The smallest absolute Gasteiger partial charge is 0.424 e. The lowest BCUT2D eigenvalue weighted by molar-refractivity contribution is -0.141. The van der Waals surface area contributed by atoms with Gasteiger partial charge in [-0.3, -0.25) is 4.79 Å². The van der Waals surface area contributed by atoms with Crippen LogP contribution in [0.25, 0.3) is 0 Å². The van der Waals surface area contributed by atoms with Crippen LogP contribution in [0.4, 0.5) is 24.7 Å². The van der Waals surface area contributed by atoms with Crippen LogP contribution in [-0.2, 0) is 11.0 Å². The summed E-state index contributed by atoms with van der Waals surface area (Å²) in [6.45, 7) is 1.36. The summed E-state index contributed by atoms with van der Waals surface area (Å²) in [6, 6.07) is 6.51. The SMILES string of the molecule is CC(=O)Nc1ccc(Oc2nc(N(C)C)cc(C(F)(F)F)n2)cc1. The molecular formula is C15H15F3N4O2. The summed E-state index contributed by atoms with van der Waals surface area (Å²) in [5.74, 6) is 0.0795. The molecule has 0 spiro atoms. The second-order valence-corrected chi connectivity index (χ2v) is 5.09. The van der Waals surface area contributed by atoms with E-state index in [-0.39, 0.29) is 17.5 Å². The lowest BCUT2D eigenvalue weighted by Crippen LogP contribution is -2.16. The summed E-state index contributed by atoms with van der Waals surface area (Å²) in [6.07, 6.45) is -4.61. The molecule has 1 aromatic carbocycles. The Bertz CT molecular complexity index is 730. The Labute approximate surface area is 136 Å². The van der Waals surface area contributed by atoms with Gasteiger partial charge in [0.05, 0.1) is 0 Å². The van der Waals surface area contributed by atoms with Crippen LogP contribution in [0, 0.1) is 0 Å². The molecule has 1 N–H and O–H groups in total. The zero-order valence-electron chi connectivity index (χ0n) is 13.2. The quantitative estimate of drug-likeness (QED) is 0.925. The minimum Gasteiger partial charge on any atom is -0.424 e. The molecule has 0 saturated heterocycles. The van der Waals surface area contributed by atoms with Gasteiger partial charge in [-0.05, 0) is 24.3 Å². The molecule has 0 aliphatic heterocycles. The van der Waals surface area contributed by atoms with Gasteiger partial charge in [0.2, 0.25) is 5.91 Å². The fraction of sp³-hybridized carbons (Fsp3) is 0.267. The standard InChI is InChI=1S/C15H15F3N4O2/c1-9(23)19-10-4-6-11(7-5-10)24-14-20-12(15(16,17)18)8-13(21-14)22(2)3/h4-8H,1-3H3,(H,19,23). The number of hydrogen-bond donors (Lipinski definition) is 1. The largest absolute Gasteiger partial charge is 0.433 e. The zero-order valence-corrected chi connectivity index (χ0v) is 13.2. The van der Waals surface area contributed by atoms with Gasteiger partial charge in [-0.1, -0.05) is 0 Å². The van der Waals surface area contributed by atoms with Crippen molar-refractivity contribution in [1.82, 2.24) is 9.97 Å². The molecule has 0 fully saturated rings. The Balaban J connectivity index is 2.28. The number of aromatic nitrogens is 2. The Morgan fingerprint density at radius 1 is 1.17 bits per heavy atom. The molecule has 2 rings (SSSR count). The number of benzene rings is 1. The predicted molar refractivity (Wildman–Crippen MR) is 82.2 cm³/mol. The fourth-order valence-electron chi connectivity index (χ4n) is 1.75. The molecule has 1 heterocycles. The van der Waals surface area contributed by atoms with E-state index < -0.39 is 17.9 Å². The first kappa shape index (κ1) is 17.5. The topological polar surface area (TPSA) is 67.3 Å². The van der Waals surface area contributed by atoms with Gasteiger partial charge in [0.15, 0.2) is 5.69 Å². The van der Waals surface area contributed by atoms with E-state index in [0.717, 1.165) is 6.07 Å². The molecule has 1 amide bonds. The maximum absolute atomic E-state index is 12.9. The Morgan fingerprint density at radius 2 is 1.79 bits per heavy atom. The van der Waals surface area contributed by atoms with Crippen molar-refractivity contribution >= 4 is 17.4 Å². The molecule has 1 aromatic heterocycles. The Hall–Kier alpha value is -2.84. The van der Waals surface area contributed by atoms with E-state index in [1.54, 1.807) is 26.2 Å². The number of hydrogen-bond acceptors (Lipinski definition) is 5. The van der Waals surface area contributed by atoms with Crippen molar-refractivity contribution in [2.75, 3.05) is 24.3 Å². The minimum atomic E-state index is -4.61. The third kappa shape index (κ3) is 4.58. The molecular weight excluding hydrogens is 325 g/mol. The van der Waals surface area contributed by atoms with Crippen LogP contribution >= 0.6 is 0 Å². The van der Waals surface area contributed by atoms with Crippen molar-refractivity contribution in [3.05, 3.63) is 36.0 Å². The molecule has 0 bridgehead atoms. The third-order valence-corrected chi connectivity index (χ3v) is 2.82. The second kappa shape index (κ2) is 6.73. The molecule has 2 aromatic rings. The fourth-order valence-corrected chi connectivity index (χ4v) is 1.75. The van der Waals surface area contributed by atoms with Gasteiger partial charge >= 0.3 is 12.2 Å². The van der Waals surface area contributed by atoms with Gasteiger partial charge in [-0.15, -0.1) is 0 Å². The van der Waals surface area contributed by atoms with Gasteiger partial charge in [-0.25, -0.2) is 0 Å². The Kier molecular flexibility index (Phi) is 4.91. The summed E-state index contributed by atoms with van der Waals surface area (Å²) < 4.78 is 44.1. The third-order valence-electron chi connectivity index (χ3n) is 2.82. The lowest BCUT2D eigenvalue weighted by atomic mass is 10.3. The predicted octanol–water partition coefficient (Wildman–Crippen LogP) is 3.31. The number of halogens is 3. The summed E-state index contributed by atoms with van der Waals surface area (Å²) in [7, 11) is 3.13. The van der Waals surface area contributed by atoms with Crippen LogP contribution in [0.2, 0.25) is 0 Å². The maximum Gasteiger partial charge on any atom is 0.433 e. The van der Waals surface area contributed by atoms with Crippen molar-refractivity contribution in [3.63, 3.8) is 0 Å². The molecule has 128 valence electrons. The number of carbonyl (C=O) groups is 1. The van der Waals surface area contributed by atoms with Crippen LogP contribution in [-0.4, -0.2) is 30.0 Å². The van der Waals surface area contributed by atoms with E-state index in [1.165, 1.54) is 24.0 Å². The van der Waals surface area contributed by atoms with Crippen LogP contribution in [0.3, 0.4) is 0 Å². The van der Waals surface area contributed by atoms with Crippen LogP contribution in [0.15, 0.2) is 30.3 Å². The minimum absolute atomic E-state index is 0.0715. The van der Waals surface area contributed by atoms with Gasteiger partial charge < -0.3 is 15.0 Å². The van der Waals surface area contributed by atoms with E-state index >= 15 is 0 Å². The second-order valence-electron chi connectivity index (χ2n) is 5.09. The van der Waals surface area contributed by atoms with E-state index in [0.29, 0.717) is 5.69 Å². The average molecular weight is 340 g/mol. The molecule has 0 atom stereocenters. The molecule has 9 heteroatoms. The van der Waals surface area contributed by atoms with E-state index in [9.17, 15) is 18.0 Å². The first-order chi connectivity index (χ1) is 11.1. The first-order valence-electron chi connectivity index (χ1n) is 6.84. The summed E-state index contributed by atoms with van der Waals surface area (Å²) >= 11 is 0. The normalized spacial score (nSPS) is 11.1. The highest BCUT2D eigenvalue weighted by Gasteiger charge is 2.34. The van der Waals surface area contributed by atoms with Crippen LogP contribution < -0.4 is 15.0 Å². The van der Waals surface area contributed by atoms with Crippen molar-refractivity contribution in [1.29, 1.82) is 0 Å². The zero-order chi connectivity index (χ0) is 17.9. The van der Waals surface area contributed by atoms with Gasteiger partial charge in [0.1, 0.15) is 11.6 Å². The van der Waals surface area contributed by atoms with Crippen molar-refractivity contribution in [2.45, 2.75) is 13.1 Å². The van der Waals surface area contributed by atoms with E-state index in [2.05, 4.69) is 15.3 Å². The average Bonchev–Trinajstić information content (AvgIpc) is 2.47. The van der Waals surface area contributed by atoms with Crippen LogP contribution in [0.5, 0.6) is 11.8 Å². The number of carbonyl (C=O) groups excluding carboxylic acids is 1. The highest BCUT2D eigenvalue weighted by atomic mass is 19.4. The number of nitrogens with zero attached hydrogens (tertiary/aromatic N) is 3. The Morgan fingerprint density at radius 3 is 2.29 bits per heavy atom. The number of nitrogens with one attached hydrogen (secondary N) is 1. The van der Waals surface area contributed by atoms with Crippen molar-refractivity contribution in [3.8, 4) is 11.8 Å². The molecule has 0 unspecified atom stereocenters. The van der Waals surface area contributed by atoms with Gasteiger partial charge in [0, 0.05) is 32.8 Å². The highest BCUT2D eigenvalue weighted by Crippen LogP contribution is 2.31. The lowest BCUT2D eigenvalue weighted by Gasteiger charge is -2.15. The van der Waals surface area contributed by atoms with Crippen LogP contribution in [0.1, 0.15) is 12.6 Å². The molecule has 0 aliphatic rings. The van der Waals surface area contributed by atoms with E-state index in [4.69, 9.17) is 4.74 Å². The molecule has 0 radical (unpaired) electrons. The van der Waals surface area contributed by atoms with Crippen molar-refractivity contribution in [2.24, 2.45) is 0 Å². The number of anilines is 2. The molecule has 24 heavy (non-hydrogen) atoms. The number of amides is 1. The summed E-state index contributed by atoms with van der Waals surface area (Å²) in [5.41, 5.74) is -0.556. The summed E-state index contributed by atoms with van der Waals surface area (Å²) in [5, 5.41) is 2.57. The molecule has 0 saturated carbocycles. The van der Waals surface area contributed by atoms with Gasteiger partial charge in [-0.2, -0.15) is 23.1 Å². The van der Waals surface area contributed by atoms with Gasteiger partial charge in [0.25, 0.3) is 0 Å². The number of alkyl halides is 3. The monoisotopic (exact) mass is 340 g/mol. The maximum atomic E-state index is 12.9. The summed E-state index contributed by atoms with van der Waals surface area (Å²) in [4.78, 5) is 19.7. The first-order valence-corrected chi connectivity index (χ1v) is 6.84. The van der Waals surface area contributed by atoms with Crippen molar-refractivity contribution < 1.29 is 22.7 Å².